The SMILES string of the molecule is CCCN1CC(C(F)c2cc(F)cc(F)c2)C1.O=C(O)C(=O)O. The predicted molar refractivity (Wildman–Crippen MR) is 75.7 cm³/mol. The number of carboxylic acid groups (broad SMARTS) is 2. The van der Waals surface area contributed by atoms with Gasteiger partial charge in [0.25, 0.3) is 0 Å². The van der Waals surface area contributed by atoms with E-state index in [2.05, 4.69) is 11.8 Å². The monoisotopic (exact) mass is 333 g/mol. The van der Waals surface area contributed by atoms with E-state index in [9.17, 15) is 13.2 Å². The Kier molecular flexibility index (Phi) is 7.02. The van der Waals surface area contributed by atoms with Gasteiger partial charge in [-0.3, -0.25) is 0 Å². The number of hydrogen-bond acceptors (Lipinski definition) is 3. The van der Waals surface area contributed by atoms with Crippen molar-refractivity contribution in [3.63, 3.8) is 0 Å². The number of carboxylic acids is 2. The second-order valence-electron chi connectivity index (χ2n) is 5.23. The molecular formula is C15H18F3NO4. The van der Waals surface area contributed by atoms with Crippen LogP contribution in [0.25, 0.3) is 0 Å². The molecule has 1 fully saturated rings. The number of likely N-dealkylation sites (tertiary alicyclic amines) is 1. The number of rotatable bonds is 4. The second kappa shape index (κ2) is 8.52. The number of hydrogen-bond donors (Lipinski definition) is 2. The lowest BCUT2D eigenvalue weighted by Gasteiger charge is -2.40. The molecule has 1 aromatic rings. The van der Waals surface area contributed by atoms with E-state index in [0.29, 0.717) is 13.1 Å². The Morgan fingerprint density at radius 2 is 1.65 bits per heavy atom. The van der Waals surface area contributed by atoms with E-state index >= 15 is 0 Å². The number of nitrogens with zero attached hydrogens (tertiary/aromatic N) is 1. The maximum Gasteiger partial charge on any atom is 0.414 e. The predicted octanol–water partition coefficient (Wildman–Crippen LogP) is 2.47. The molecule has 1 saturated heterocycles. The van der Waals surface area contributed by atoms with E-state index in [1.165, 1.54) is 0 Å². The largest absolute Gasteiger partial charge is 0.473 e. The highest BCUT2D eigenvalue weighted by Crippen LogP contribution is 2.33. The van der Waals surface area contributed by atoms with Crippen LogP contribution in [-0.4, -0.2) is 46.7 Å². The normalized spacial score (nSPS) is 16.0. The van der Waals surface area contributed by atoms with Gasteiger partial charge in [0, 0.05) is 25.1 Å². The summed E-state index contributed by atoms with van der Waals surface area (Å²) in [6.07, 6.45) is -0.230. The van der Waals surface area contributed by atoms with E-state index in [1.54, 1.807) is 0 Å². The summed E-state index contributed by atoms with van der Waals surface area (Å²) in [5.41, 5.74) is 0.114. The van der Waals surface area contributed by atoms with Gasteiger partial charge in [-0.15, -0.1) is 0 Å². The van der Waals surface area contributed by atoms with Crippen LogP contribution in [0.1, 0.15) is 25.1 Å². The summed E-state index contributed by atoms with van der Waals surface area (Å²) in [5.74, 6) is -5.22. The number of halogens is 3. The van der Waals surface area contributed by atoms with E-state index < -0.39 is 29.7 Å². The molecule has 1 aliphatic rings. The Labute approximate surface area is 131 Å². The minimum atomic E-state index is -1.82. The molecule has 2 N–H and O–H groups in total. The third-order valence-electron chi connectivity index (χ3n) is 3.33. The van der Waals surface area contributed by atoms with Gasteiger partial charge < -0.3 is 15.1 Å². The molecule has 0 aliphatic carbocycles. The standard InChI is InChI=1S/C13H16F3N.C2H2O4/c1-2-3-17-7-10(8-17)13(16)9-4-11(14)6-12(15)5-9;3-1(4)2(5)6/h4-6,10,13H,2-3,7-8H2,1H3;(H,3,4)(H,5,6). The topological polar surface area (TPSA) is 77.8 Å². The van der Waals surface area contributed by atoms with E-state index in [0.717, 1.165) is 31.2 Å². The summed E-state index contributed by atoms with van der Waals surface area (Å²) >= 11 is 0. The summed E-state index contributed by atoms with van der Waals surface area (Å²) < 4.78 is 39.9. The van der Waals surface area contributed by atoms with Crippen molar-refractivity contribution < 1.29 is 33.0 Å². The number of alkyl halides is 1. The molecule has 1 unspecified atom stereocenters. The molecule has 1 aliphatic heterocycles. The Balaban J connectivity index is 0.000000379. The van der Waals surface area contributed by atoms with Crippen LogP contribution < -0.4 is 0 Å². The highest BCUT2D eigenvalue weighted by molar-refractivity contribution is 6.27. The first-order valence-electron chi connectivity index (χ1n) is 7.03. The zero-order valence-electron chi connectivity index (χ0n) is 12.5. The van der Waals surface area contributed by atoms with Gasteiger partial charge in [0.2, 0.25) is 0 Å². The van der Waals surface area contributed by atoms with Crippen LogP contribution in [0.2, 0.25) is 0 Å². The smallest absolute Gasteiger partial charge is 0.414 e. The first-order chi connectivity index (χ1) is 10.7. The lowest BCUT2D eigenvalue weighted by Crippen LogP contribution is -2.48. The van der Waals surface area contributed by atoms with Crippen LogP contribution in [0.5, 0.6) is 0 Å². The van der Waals surface area contributed by atoms with Gasteiger partial charge in [0.1, 0.15) is 17.8 Å². The Morgan fingerprint density at radius 1 is 1.17 bits per heavy atom. The zero-order chi connectivity index (χ0) is 17.6. The fraction of sp³-hybridized carbons (Fsp3) is 0.467. The van der Waals surface area contributed by atoms with Crippen molar-refractivity contribution in [2.45, 2.75) is 19.5 Å². The van der Waals surface area contributed by atoms with Gasteiger partial charge in [-0.05, 0) is 30.7 Å². The minimum absolute atomic E-state index is 0.114. The molecule has 5 nitrogen and oxygen atoms in total. The Bertz CT molecular complexity index is 529. The van der Waals surface area contributed by atoms with Gasteiger partial charge in [0.05, 0.1) is 0 Å². The molecule has 2 rings (SSSR count). The summed E-state index contributed by atoms with van der Waals surface area (Å²) in [7, 11) is 0. The van der Waals surface area contributed by atoms with Crippen molar-refractivity contribution in [1.82, 2.24) is 4.90 Å². The summed E-state index contributed by atoms with van der Waals surface area (Å²) in [5, 5.41) is 14.8. The maximum absolute atomic E-state index is 14.0. The molecule has 23 heavy (non-hydrogen) atoms. The van der Waals surface area contributed by atoms with E-state index in [1.807, 2.05) is 0 Å². The van der Waals surface area contributed by atoms with Gasteiger partial charge in [-0.2, -0.15) is 0 Å². The maximum atomic E-state index is 14.0. The van der Waals surface area contributed by atoms with Gasteiger partial charge in [-0.1, -0.05) is 6.92 Å². The Hall–Kier alpha value is -2.09. The van der Waals surface area contributed by atoms with Crippen molar-refractivity contribution in [2.24, 2.45) is 5.92 Å². The van der Waals surface area contributed by atoms with Crippen LogP contribution in [0, 0.1) is 17.6 Å². The molecule has 1 atom stereocenters. The molecule has 0 amide bonds. The number of carbonyl (C=O) groups is 2. The summed E-state index contributed by atoms with van der Waals surface area (Å²) in [4.78, 5) is 20.3. The van der Waals surface area contributed by atoms with Crippen LogP contribution in [0.15, 0.2) is 18.2 Å². The summed E-state index contributed by atoms with van der Waals surface area (Å²) in [6, 6.07) is 2.92. The van der Waals surface area contributed by atoms with E-state index in [-0.39, 0.29) is 11.5 Å². The van der Waals surface area contributed by atoms with Crippen molar-refractivity contribution in [1.29, 1.82) is 0 Å². The molecule has 0 spiro atoms. The van der Waals surface area contributed by atoms with Gasteiger partial charge >= 0.3 is 11.9 Å². The van der Waals surface area contributed by atoms with Crippen LogP contribution in [0.3, 0.4) is 0 Å². The van der Waals surface area contributed by atoms with Gasteiger partial charge in [-0.25, -0.2) is 22.8 Å². The third-order valence-corrected chi connectivity index (χ3v) is 3.33. The number of benzene rings is 1. The number of aliphatic carboxylic acids is 2. The molecule has 128 valence electrons. The van der Waals surface area contributed by atoms with E-state index in [4.69, 9.17) is 19.8 Å². The van der Waals surface area contributed by atoms with Crippen molar-refractivity contribution in [3.8, 4) is 0 Å². The lowest BCUT2D eigenvalue weighted by molar-refractivity contribution is -0.159. The molecule has 1 heterocycles. The molecule has 1 aromatic carbocycles. The van der Waals surface area contributed by atoms with Gasteiger partial charge in [0.15, 0.2) is 0 Å². The first-order valence-corrected chi connectivity index (χ1v) is 7.03. The highest BCUT2D eigenvalue weighted by atomic mass is 19.1. The van der Waals surface area contributed by atoms with Crippen LogP contribution >= 0.6 is 0 Å². The average Bonchev–Trinajstić information content (AvgIpc) is 2.41. The fourth-order valence-corrected chi connectivity index (χ4v) is 2.30. The molecule has 0 bridgehead atoms. The molecule has 8 heteroatoms. The quantitative estimate of drug-likeness (QED) is 0.828. The zero-order valence-corrected chi connectivity index (χ0v) is 12.5. The molecule has 0 radical (unpaired) electrons. The Morgan fingerprint density at radius 3 is 2.04 bits per heavy atom. The van der Waals surface area contributed by atoms with Crippen LogP contribution in [-0.2, 0) is 9.59 Å². The molecule has 0 saturated carbocycles. The second-order valence-corrected chi connectivity index (χ2v) is 5.23. The fourth-order valence-electron chi connectivity index (χ4n) is 2.30. The van der Waals surface area contributed by atoms with Crippen molar-refractivity contribution in [2.75, 3.05) is 19.6 Å². The third kappa shape index (κ3) is 5.90. The highest BCUT2D eigenvalue weighted by Gasteiger charge is 2.34. The molecular weight excluding hydrogens is 315 g/mol. The van der Waals surface area contributed by atoms with Crippen molar-refractivity contribution >= 4 is 11.9 Å². The molecule has 0 aromatic heterocycles. The average molecular weight is 333 g/mol. The summed E-state index contributed by atoms with van der Waals surface area (Å²) in [6.45, 7) is 4.38. The van der Waals surface area contributed by atoms with Crippen molar-refractivity contribution in [3.05, 3.63) is 35.4 Å². The minimum Gasteiger partial charge on any atom is -0.473 e. The van der Waals surface area contributed by atoms with Crippen LogP contribution in [0.4, 0.5) is 13.2 Å². The first kappa shape index (κ1) is 19.0. The lowest BCUT2D eigenvalue weighted by atomic mass is 9.90.